The standard InChI is InChI=1S/C8H19NO2.C7H17NO2/c1-2-7-11-8-3-4-9-5-6-10;1-2-10-7-3-4-8-5-6-9/h9-10H,2-8H2,1H3;8-9H,2-7H2,1H3. The van der Waals surface area contributed by atoms with Crippen LogP contribution in [-0.2, 0) is 9.47 Å². The average molecular weight is 308 g/mol. The Labute approximate surface area is 130 Å². The molecule has 4 N–H and O–H groups in total. The summed E-state index contributed by atoms with van der Waals surface area (Å²) in [5, 5.41) is 22.9. The topological polar surface area (TPSA) is 83.0 Å². The summed E-state index contributed by atoms with van der Waals surface area (Å²) in [5.74, 6) is 0. The van der Waals surface area contributed by atoms with E-state index in [1.165, 1.54) is 0 Å². The summed E-state index contributed by atoms with van der Waals surface area (Å²) in [4.78, 5) is 0. The number of hydrogen-bond acceptors (Lipinski definition) is 6. The number of ether oxygens (including phenoxy) is 2. The lowest BCUT2D eigenvalue weighted by molar-refractivity contribution is 0.132. The summed E-state index contributed by atoms with van der Waals surface area (Å²) in [7, 11) is 0. The van der Waals surface area contributed by atoms with Crippen LogP contribution in [0, 0.1) is 0 Å². The molecule has 0 radical (unpaired) electrons. The van der Waals surface area contributed by atoms with Gasteiger partial charge in [0.05, 0.1) is 13.2 Å². The molecule has 0 aliphatic rings. The van der Waals surface area contributed by atoms with E-state index in [0.29, 0.717) is 13.1 Å². The first kappa shape index (κ1) is 23.0. The van der Waals surface area contributed by atoms with Crippen molar-refractivity contribution in [2.24, 2.45) is 0 Å². The lowest BCUT2D eigenvalue weighted by Crippen LogP contribution is -2.20. The van der Waals surface area contributed by atoms with Gasteiger partial charge in [0.2, 0.25) is 0 Å². The molecule has 0 atom stereocenters. The van der Waals surface area contributed by atoms with E-state index < -0.39 is 0 Å². The highest BCUT2D eigenvalue weighted by molar-refractivity contribution is 4.45. The van der Waals surface area contributed by atoms with Gasteiger partial charge >= 0.3 is 0 Å². The molecule has 0 fully saturated rings. The van der Waals surface area contributed by atoms with Crippen molar-refractivity contribution in [2.45, 2.75) is 33.1 Å². The van der Waals surface area contributed by atoms with Crippen molar-refractivity contribution in [3.05, 3.63) is 0 Å². The third kappa shape index (κ3) is 28.6. The van der Waals surface area contributed by atoms with Crippen molar-refractivity contribution in [3.63, 3.8) is 0 Å². The van der Waals surface area contributed by atoms with Crippen LogP contribution in [0.2, 0.25) is 0 Å². The second kappa shape index (κ2) is 24.8. The Morgan fingerprint density at radius 1 is 0.714 bits per heavy atom. The molecule has 0 unspecified atom stereocenters. The predicted molar refractivity (Wildman–Crippen MR) is 86.7 cm³/mol. The lowest BCUT2D eigenvalue weighted by Gasteiger charge is -2.02. The third-order valence-electron chi connectivity index (χ3n) is 2.41. The highest BCUT2D eigenvalue weighted by Crippen LogP contribution is 1.83. The number of nitrogens with one attached hydrogen (secondary N) is 2. The van der Waals surface area contributed by atoms with E-state index in [1.54, 1.807) is 0 Å². The molecule has 0 saturated heterocycles. The van der Waals surface area contributed by atoms with Crippen LogP contribution in [0.25, 0.3) is 0 Å². The molecule has 0 saturated carbocycles. The van der Waals surface area contributed by atoms with Crippen LogP contribution >= 0.6 is 0 Å². The van der Waals surface area contributed by atoms with E-state index in [2.05, 4.69) is 17.6 Å². The Hall–Kier alpha value is -0.240. The summed E-state index contributed by atoms with van der Waals surface area (Å²) < 4.78 is 10.4. The molecule has 0 aliphatic carbocycles. The summed E-state index contributed by atoms with van der Waals surface area (Å²) in [6, 6.07) is 0. The van der Waals surface area contributed by atoms with E-state index in [4.69, 9.17) is 19.7 Å². The van der Waals surface area contributed by atoms with Crippen LogP contribution in [0.15, 0.2) is 0 Å². The molecule has 0 spiro atoms. The number of aliphatic hydroxyl groups excluding tert-OH is 2. The van der Waals surface area contributed by atoms with E-state index in [9.17, 15) is 0 Å². The van der Waals surface area contributed by atoms with Gasteiger partial charge in [0, 0.05) is 39.5 Å². The van der Waals surface area contributed by atoms with Gasteiger partial charge in [-0.1, -0.05) is 6.92 Å². The molecule has 0 aromatic rings. The Balaban J connectivity index is 0. The van der Waals surface area contributed by atoms with Crippen molar-refractivity contribution >= 4 is 0 Å². The van der Waals surface area contributed by atoms with Crippen molar-refractivity contribution in [2.75, 3.05) is 65.8 Å². The van der Waals surface area contributed by atoms with Gasteiger partial charge in [0.15, 0.2) is 0 Å². The third-order valence-corrected chi connectivity index (χ3v) is 2.41. The number of hydrogen-bond donors (Lipinski definition) is 4. The highest BCUT2D eigenvalue weighted by Gasteiger charge is 1.87. The van der Waals surface area contributed by atoms with Crippen LogP contribution in [0.3, 0.4) is 0 Å². The van der Waals surface area contributed by atoms with Gasteiger partial charge in [-0.3, -0.25) is 0 Å². The fraction of sp³-hybridized carbons (Fsp3) is 1.00. The molecule has 0 aliphatic heterocycles. The summed E-state index contributed by atoms with van der Waals surface area (Å²) in [6.07, 6.45) is 3.14. The van der Waals surface area contributed by atoms with Crippen LogP contribution in [-0.4, -0.2) is 76.0 Å². The van der Waals surface area contributed by atoms with Gasteiger partial charge in [0.25, 0.3) is 0 Å². The SMILES string of the molecule is CCCOCCCNCCO.CCOCCCNCCO. The molecule has 6 nitrogen and oxygen atoms in total. The van der Waals surface area contributed by atoms with Gasteiger partial charge in [0.1, 0.15) is 0 Å². The second-order valence-corrected chi connectivity index (χ2v) is 4.46. The minimum Gasteiger partial charge on any atom is -0.395 e. The van der Waals surface area contributed by atoms with E-state index in [0.717, 1.165) is 58.8 Å². The van der Waals surface area contributed by atoms with Gasteiger partial charge < -0.3 is 30.3 Å². The Morgan fingerprint density at radius 2 is 1.24 bits per heavy atom. The first-order valence-corrected chi connectivity index (χ1v) is 8.12. The summed E-state index contributed by atoms with van der Waals surface area (Å²) in [5.41, 5.74) is 0. The quantitative estimate of drug-likeness (QED) is 0.327. The molecule has 0 rings (SSSR count). The Kier molecular flexibility index (Phi) is 27.2. The molecule has 0 amide bonds. The van der Waals surface area contributed by atoms with Gasteiger partial charge in [-0.15, -0.1) is 0 Å². The smallest absolute Gasteiger partial charge is 0.0555 e. The zero-order chi connectivity index (χ0) is 16.0. The largest absolute Gasteiger partial charge is 0.395 e. The minimum atomic E-state index is 0.217. The lowest BCUT2D eigenvalue weighted by atomic mass is 10.4. The first-order chi connectivity index (χ1) is 10.3. The maximum absolute atomic E-state index is 8.41. The number of rotatable bonds is 15. The minimum absolute atomic E-state index is 0.217. The first-order valence-electron chi connectivity index (χ1n) is 8.12. The monoisotopic (exact) mass is 308 g/mol. The maximum Gasteiger partial charge on any atom is 0.0555 e. The predicted octanol–water partition coefficient (Wildman–Crippen LogP) is 0.380. The number of aliphatic hydroxyl groups is 2. The highest BCUT2D eigenvalue weighted by atomic mass is 16.5. The summed E-state index contributed by atoms with van der Waals surface area (Å²) >= 11 is 0. The van der Waals surface area contributed by atoms with Crippen molar-refractivity contribution in [3.8, 4) is 0 Å². The van der Waals surface area contributed by atoms with E-state index >= 15 is 0 Å². The van der Waals surface area contributed by atoms with E-state index in [-0.39, 0.29) is 13.2 Å². The molecule has 0 aromatic carbocycles. The molecule has 0 aromatic heterocycles. The van der Waals surface area contributed by atoms with Gasteiger partial charge in [-0.2, -0.15) is 0 Å². The fourth-order valence-electron chi connectivity index (χ4n) is 1.40. The van der Waals surface area contributed by atoms with Crippen molar-refractivity contribution in [1.29, 1.82) is 0 Å². The maximum atomic E-state index is 8.41. The molecule has 0 heterocycles. The average Bonchev–Trinajstić information content (AvgIpc) is 2.51. The Morgan fingerprint density at radius 3 is 1.67 bits per heavy atom. The van der Waals surface area contributed by atoms with E-state index in [1.807, 2.05) is 6.92 Å². The van der Waals surface area contributed by atoms with Crippen LogP contribution in [0.1, 0.15) is 33.1 Å². The van der Waals surface area contributed by atoms with Crippen LogP contribution < -0.4 is 10.6 Å². The molecular weight excluding hydrogens is 272 g/mol. The fourth-order valence-corrected chi connectivity index (χ4v) is 1.40. The van der Waals surface area contributed by atoms with Crippen LogP contribution in [0.4, 0.5) is 0 Å². The summed E-state index contributed by atoms with van der Waals surface area (Å²) in [6.45, 7) is 11.1. The Bertz CT molecular complexity index is 147. The normalized spacial score (nSPS) is 10.3. The van der Waals surface area contributed by atoms with Crippen molar-refractivity contribution < 1.29 is 19.7 Å². The zero-order valence-corrected chi connectivity index (χ0v) is 13.9. The molecule has 21 heavy (non-hydrogen) atoms. The molecule has 0 bridgehead atoms. The molecule has 6 heteroatoms. The second-order valence-electron chi connectivity index (χ2n) is 4.46. The van der Waals surface area contributed by atoms with Gasteiger partial charge in [-0.05, 0) is 39.3 Å². The van der Waals surface area contributed by atoms with Crippen molar-refractivity contribution in [1.82, 2.24) is 10.6 Å². The van der Waals surface area contributed by atoms with Gasteiger partial charge in [-0.25, -0.2) is 0 Å². The molecule has 130 valence electrons. The van der Waals surface area contributed by atoms with Crippen LogP contribution in [0.5, 0.6) is 0 Å². The zero-order valence-electron chi connectivity index (χ0n) is 13.9. The molecular formula is C15H36N2O4.